The largest absolute Gasteiger partial charge is 0.325 e. The maximum absolute atomic E-state index is 13.7. The molecule has 23 heavy (non-hydrogen) atoms. The molecule has 5 heteroatoms. The van der Waals surface area contributed by atoms with Crippen LogP contribution in [0.4, 0.5) is 14.5 Å². The van der Waals surface area contributed by atoms with E-state index in [1.807, 2.05) is 32.0 Å². The average molecular weight is 318 g/mol. The highest BCUT2D eigenvalue weighted by Crippen LogP contribution is 2.18. The van der Waals surface area contributed by atoms with Crippen molar-refractivity contribution in [1.29, 1.82) is 0 Å². The van der Waals surface area contributed by atoms with E-state index < -0.39 is 17.7 Å². The predicted molar refractivity (Wildman–Crippen MR) is 87.3 cm³/mol. The highest BCUT2D eigenvalue weighted by molar-refractivity contribution is 5.93. The molecule has 2 aromatic carbocycles. The van der Waals surface area contributed by atoms with E-state index in [0.29, 0.717) is 5.56 Å². The molecular weight excluding hydrogens is 298 g/mol. The molecule has 0 saturated heterocycles. The van der Waals surface area contributed by atoms with Gasteiger partial charge in [0.1, 0.15) is 11.6 Å². The Morgan fingerprint density at radius 2 is 1.87 bits per heavy atom. The first-order valence-electron chi connectivity index (χ1n) is 7.42. The lowest BCUT2D eigenvalue weighted by molar-refractivity contribution is -0.115. The second kappa shape index (κ2) is 7.33. The SMILES string of the molecule is Cc1ccc(NC(=O)CN[C@H](C)c2ccc(F)cc2F)c(C)c1. The van der Waals surface area contributed by atoms with Crippen LogP contribution in [0.3, 0.4) is 0 Å². The van der Waals surface area contributed by atoms with Crippen LogP contribution in [0.25, 0.3) is 0 Å². The van der Waals surface area contributed by atoms with Gasteiger partial charge in [0.25, 0.3) is 0 Å². The zero-order valence-electron chi connectivity index (χ0n) is 13.4. The first kappa shape index (κ1) is 17.1. The second-order valence-electron chi connectivity index (χ2n) is 5.63. The number of carbonyl (C=O) groups is 1. The summed E-state index contributed by atoms with van der Waals surface area (Å²) in [4.78, 5) is 12.0. The minimum atomic E-state index is -0.625. The number of benzene rings is 2. The molecule has 0 spiro atoms. The van der Waals surface area contributed by atoms with Crippen molar-refractivity contribution < 1.29 is 13.6 Å². The van der Waals surface area contributed by atoms with Gasteiger partial charge < -0.3 is 10.6 Å². The maximum Gasteiger partial charge on any atom is 0.238 e. The Balaban J connectivity index is 1.93. The summed E-state index contributed by atoms with van der Waals surface area (Å²) < 4.78 is 26.6. The zero-order chi connectivity index (χ0) is 17.0. The predicted octanol–water partition coefficient (Wildman–Crippen LogP) is 3.87. The van der Waals surface area contributed by atoms with Gasteiger partial charge in [-0.3, -0.25) is 4.79 Å². The topological polar surface area (TPSA) is 41.1 Å². The van der Waals surface area contributed by atoms with Gasteiger partial charge in [-0.2, -0.15) is 0 Å². The normalized spacial score (nSPS) is 12.0. The Labute approximate surface area is 134 Å². The number of nitrogens with one attached hydrogen (secondary N) is 2. The average Bonchev–Trinajstić information content (AvgIpc) is 2.48. The molecule has 0 unspecified atom stereocenters. The third-order valence-corrected chi connectivity index (χ3v) is 3.65. The van der Waals surface area contributed by atoms with Gasteiger partial charge >= 0.3 is 0 Å². The van der Waals surface area contributed by atoms with Gasteiger partial charge in [0.2, 0.25) is 5.91 Å². The summed E-state index contributed by atoms with van der Waals surface area (Å²) in [5.74, 6) is -1.46. The number of anilines is 1. The summed E-state index contributed by atoms with van der Waals surface area (Å²) in [7, 11) is 0. The summed E-state index contributed by atoms with van der Waals surface area (Å²) >= 11 is 0. The number of halogens is 2. The number of rotatable bonds is 5. The lowest BCUT2D eigenvalue weighted by atomic mass is 10.1. The van der Waals surface area contributed by atoms with Crippen LogP contribution >= 0.6 is 0 Å². The van der Waals surface area contributed by atoms with Crippen molar-refractivity contribution in [3.05, 3.63) is 64.7 Å². The van der Waals surface area contributed by atoms with E-state index in [9.17, 15) is 13.6 Å². The molecule has 0 fully saturated rings. The molecule has 1 atom stereocenters. The fourth-order valence-corrected chi connectivity index (χ4v) is 2.36. The van der Waals surface area contributed by atoms with Gasteiger partial charge in [0, 0.05) is 23.4 Å². The minimum absolute atomic E-state index is 0.0330. The third-order valence-electron chi connectivity index (χ3n) is 3.65. The molecular formula is C18H20F2N2O. The fraction of sp³-hybridized carbons (Fsp3) is 0.278. The minimum Gasteiger partial charge on any atom is -0.325 e. The van der Waals surface area contributed by atoms with Crippen LogP contribution in [0.2, 0.25) is 0 Å². The Kier molecular flexibility index (Phi) is 5.45. The highest BCUT2D eigenvalue weighted by atomic mass is 19.1. The van der Waals surface area contributed by atoms with Crippen molar-refractivity contribution in [2.75, 3.05) is 11.9 Å². The Bertz CT molecular complexity index is 716. The van der Waals surface area contributed by atoms with Gasteiger partial charge in [-0.05, 0) is 38.5 Å². The molecule has 122 valence electrons. The maximum atomic E-state index is 13.7. The van der Waals surface area contributed by atoms with Crippen LogP contribution in [0.5, 0.6) is 0 Å². The molecule has 0 saturated carbocycles. The molecule has 1 amide bonds. The molecule has 0 aliphatic heterocycles. The highest BCUT2D eigenvalue weighted by Gasteiger charge is 2.13. The van der Waals surface area contributed by atoms with Crippen LogP contribution < -0.4 is 10.6 Å². The monoisotopic (exact) mass is 318 g/mol. The lowest BCUT2D eigenvalue weighted by Crippen LogP contribution is -2.30. The van der Waals surface area contributed by atoms with Gasteiger partial charge in [-0.15, -0.1) is 0 Å². The van der Waals surface area contributed by atoms with E-state index in [0.717, 1.165) is 22.9 Å². The Hall–Kier alpha value is -2.27. The number of hydrogen-bond acceptors (Lipinski definition) is 2. The summed E-state index contributed by atoms with van der Waals surface area (Å²) in [5.41, 5.74) is 3.18. The molecule has 3 nitrogen and oxygen atoms in total. The first-order valence-corrected chi connectivity index (χ1v) is 7.42. The van der Waals surface area contributed by atoms with E-state index >= 15 is 0 Å². The Morgan fingerprint density at radius 1 is 1.13 bits per heavy atom. The fourth-order valence-electron chi connectivity index (χ4n) is 2.36. The molecule has 0 aliphatic carbocycles. The van der Waals surface area contributed by atoms with Crippen molar-refractivity contribution in [2.45, 2.75) is 26.8 Å². The molecule has 0 aromatic heterocycles. The third kappa shape index (κ3) is 4.60. The lowest BCUT2D eigenvalue weighted by Gasteiger charge is -2.15. The number of carbonyl (C=O) groups excluding carboxylic acids is 1. The van der Waals surface area contributed by atoms with Crippen LogP contribution in [-0.2, 0) is 4.79 Å². The molecule has 2 aromatic rings. The quantitative estimate of drug-likeness (QED) is 0.878. The van der Waals surface area contributed by atoms with Crippen molar-refractivity contribution in [1.82, 2.24) is 5.32 Å². The number of amides is 1. The molecule has 0 aliphatic rings. The standard InChI is InChI=1S/C18H20F2N2O/c1-11-4-7-17(12(2)8-11)22-18(23)10-21-13(3)15-6-5-14(19)9-16(15)20/h4-9,13,21H,10H2,1-3H3,(H,22,23)/t13-/m1/s1. The zero-order valence-corrected chi connectivity index (χ0v) is 13.4. The molecule has 2 rings (SSSR count). The molecule has 0 heterocycles. The van der Waals surface area contributed by atoms with Crippen LogP contribution in [-0.4, -0.2) is 12.5 Å². The van der Waals surface area contributed by atoms with Gasteiger partial charge in [-0.25, -0.2) is 8.78 Å². The smallest absolute Gasteiger partial charge is 0.238 e. The second-order valence-corrected chi connectivity index (χ2v) is 5.63. The first-order chi connectivity index (χ1) is 10.9. The summed E-state index contributed by atoms with van der Waals surface area (Å²) in [6.45, 7) is 5.66. The van der Waals surface area contributed by atoms with E-state index in [-0.39, 0.29) is 12.5 Å². The van der Waals surface area contributed by atoms with Crippen molar-refractivity contribution >= 4 is 11.6 Å². The van der Waals surface area contributed by atoms with E-state index in [4.69, 9.17) is 0 Å². The molecule has 0 radical (unpaired) electrons. The Morgan fingerprint density at radius 3 is 2.52 bits per heavy atom. The van der Waals surface area contributed by atoms with Crippen molar-refractivity contribution in [2.24, 2.45) is 0 Å². The van der Waals surface area contributed by atoms with Gasteiger partial charge in [0.15, 0.2) is 0 Å². The van der Waals surface area contributed by atoms with Crippen molar-refractivity contribution in [3.8, 4) is 0 Å². The van der Waals surface area contributed by atoms with Crippen LogP contribution in [0.15, 0.2) is 36.4 Å². The number of aryl methyl sites for hydroxylation is 2. The van der Waals surface area contributed by atoms with E-state index in [1.54, 1.807) is 6.92 Å². The number of hydrogen-bond donors (Lipinski definition) is 2. The molecule has 0 bridgehead atoms. The van der Waals surface area contributed by atoms with Crippen LogP contribution in [0.1, 0.15) is 29.7 Å². The van der Waals surface area contributed by atoms with E-state index in [2.05, 4.69) is 10.6 Å². The molecule has 2 N–H and O–H groups in total. The van der Waals surface area contributed by atoms with Crippen molar-refractivity contribution in [3.63, 3.8) is 0 Å². The summed E-state index contributed by atoms with van der Waals surface area (Å²) in [5, 5.41) is 5.75. The van der Waals surface area contributed by atoms with Gasteiger partial charge in [-0.1, -0.05) is 23.8 Å². The van der Waals surface area contributed by atoms with Gasteiger partial charge in [0.05, 0.1) is 6.54 Å². The van der Waals surface area contributed by atoms with E-state index in [1.165, 1.54) is 12.1 Å². The summed E-state index contributed by atoms with van der Waals surface area (Å²) in [6, 6.07) is 8.78. The summed E-state index contributed by atoms with van der Waals surface area (Å²) in [6.07, 6.45) is 0. The van der Waals surface area contributed by atoms with Crippen LogP contribution in [0, 0.1) is 25.5 Å².